The van der Waals surface area contributed by atoms with Crippen LogP contribution in [-0.4, -0.2) is 42.5 Å². The van der Waals surface area contributed by atoms with Gasteiger partial charge in [-0.25, -0.2) is 9.37 Å². The lowest BCUT2D eigenvalue weighted by Crippen LogP contribution is -2.42. The summed E-state index contributed by atoms with van der Waals surface area (Å²) in [4.78, 5) is 19.1. The van der Waals surface area contributed by atoms with E-state index in [4.69, 9.17) is 0 Å². The normalized spacial score (nSPS) is 17.9. The molecule has 1 fully saturated rings. The summed E-state index contributed by atoms with van der Waals surface area (Å²) in [5.41, 5.74) is 1.53. The molecule has 128 valence electrons. The molecule has 0 radical (unpaired) electrons. The van der Waals surface area contributed by atoms with Crippen molar-refractivity contribution in [1.82, 2.24) is 15.2 Å². The second-order valence-corrected chi connectivity index (χ2v) is 7.19. The predicted molar refractivity (Wildman–Crippen MR) is 93.9 cm³/mol. The summed E-state index contributed by atoms with van der Waals surface area (Å²) in [7, 11) is 1.95. The van der Waals surface area contributed by atoms with Gasteiger partial charge in [0.2, 0.25) is 0 Å². The van der Waals surface area contributed by atoms with Gasteiger partial charge in [0, 0.05) is 24.9 Å². The highest BCUT2D eigenvalue weighted by molar-refractivity contribution is 7.09. The molecule has 1 N–H and O–H groups in total. The first-order valence-electron chi connectivity index (χ1n) is 8.28. The number of nitrogens with zero attached hydrogens (tertiary/aromatic N) is 2. The van der Waals surface area contributed by atoms with Crippen LogP contribution in [0.25, 0.3) is 0 Å². The quantitative estimate of drug-likeness (QED) is 0.904. The maximum atomic E-state index is 13.0. The molecule has 3 rings (SSSR count). The number of carbonyl (C=O) groups is 1. The molecule has 2 heterocycles. The number of benzene rings is 1. The van der Waals surface area contributed by atoms with E-state index < -0.39 is 0 Å². The lowest BCUT2D eigenvalue weighted by atomic mass is 9.98. The molecule has 1 aromatic heterocycles. The Morgan fingerprint density at radius 1 is 1.42 bits per heavy atom. The molecular weight excluding hydrogens is 325 g/mol. The number of thiazole rings is 1. The second kappa shape index (κ2) is 7.85. The Hall–Kier alpha value is -1.79. The number of piperidine rings is 1. The fourth-order valence-corrected chi connectivity index (χ4v) is 3.94. The van der Waals surface area contributed by atoms with Crippen molar-refractivity contribution in [3.8, 4) is 0 Å². The first kappa shape index (κ1) is 17.0. The van der Waals surface area contributed by atoms with Crippen molar-refractivity contribution < 1.29 is 9.18 Å². The van der Waals surface area contributed by atoms with E-state index in [2.05, 4.69) is 10.3 Å². The summed E-state index contributed by atoms with van der Waals surface area (Å²) < 4.78 is 13.0. The summed E-state index contributed by atoms with van der Waals surface area (Å²) >= 11 is 1.49. The molecule has 24 heavy (non-hydrogen) atoms. The van der Waals surface area contributed by atoms with Crippen molar-refractivity contribution in [2.45, 2.75) is 19.3 Å². The highest BCUT2D eigenvalue weighted by Crippen LogP contribution is 2.20. The third kappa shape index (κ3) is 4.19. The summed E-state index contributed by atoms with van der Waals surface area (Å²) in [6.45, 7) is 2.55. The zero-order valence-electron chi connectivity index (χ0n) is 13.8. The summed E-state index contributed by atoms with van der Waals surface area (Å²) in [6, 6.07) is 6.41. The largest absolute Gasteiger partial charge is 0.337 e. The van der Waals surface area contributed by atoms with Crippen LogP contribution >= 0.6 is 11.3 Å². The van der Waals surface area contributed by atoms with Gasteiger partial charge >= 0.3 is 0 Å². The number of hydrogen-bond acceptors (Lipinski definition) is 4. The van der Waals surface area contributed by atoms with Crippen LogP contribution < -0.4 is 5.32 Å². The maximum absolute atomic E-state index is 13.0. The van der Waals surface area contributed by atoms with Gasteiger partial charge in [-0.3, -0.25) is 4.79 Å². The van der Waals surface area contributed by atoms with E-state index in [1.54, 1.807) is 12.1 Å². The molecule has 4 nitrogen and oxygen atoms in total. The number of carbonyl (C=O) groups excluding carboxylic acids is 1. The van der Waals surface area contributed by atoms with Crippen molar-refractivity contribution in [3.63, 3.8) is 0 Å². The van der Waals surface area contributed by atoms with Crippen LogP contribution in [0, 0.1) is 11.7 Å². The van der Waals surface area contributed by atoms with Crippen LogP contribution in [0.3, 0.4) is 0 Å². The van der Waals surface area contributed by atoms with Crippen molar-refractivity contribution in [1.29, 1.82) is 0 Å². The van der Waals surface area contributed by atoms with E-state index in [1.165, 1.54) is 23.5 Å². The van der Waals surface area contributed by atoms with Gasteiger partial charge in [-0.1, -0.05) is 12.1 Å². The lowest BCUT2D eigenvalue weighted by molar-refractivity contribution is 0.0669. The van der Waals surface area contributed by atoms with E-state index in [1.807, 2.05) is 17.3 Å². The number of halogens is 1. The second-order valence-electron chi connectivity index (χ2n) is 6.25. The Morgan fingerprint density at radius 2 is 2.21 bits per heavy atom. The van der Waals surface area contributed by atoms with E-state index >= 15 is 0 Å². The molecule has 6 heteroatoms. The van der Waals surface area contributed by atoms with E-state index in [-0.39, 0.29) is 11.7 Å². The Kier molecular flexibility index (Phi) is 5.58. The molecule has 1 aliphatic rings. The standard InChI is InChI=1S/C18H22FN3OS/c1-20-10-14-3-2-8-22(11-14)18(23)16-12-24-17(21-16)9-13-4-6-15(19)7-5-13/h4-7,12,14,20H,2-3,8-11H2,1H3. The summed E-state index contributed by atoms with van der Waals surface area (Å²) in [5.74, 6) is 0.303. The number of nitrogens with one attached hydrogen (secondary N) is 1. The average molecular weight is 347 g/mol. The molecule has 1 atom stereocenters. The van der Waals surface area contributed by atoms with E-state index in [0.717, 1.165) is 43.0 Å². The third-order valence-corrected chi connectivity index (χ3v) is 5.19. The van der Waals surface area contributed by atoms with Crippen LogP contribution in [0.15, 0.2) is 29.6 Å². The van der Waals surface area contributed by atoms with Crippen molar-refractivity contribution in [2.75, 3.05) is 26.7 Å². The molecule has 1 saturated heterocycles. The molecule has 0 saturated carbocycles. The van der Waals surface area contributed by atoms with Crippen LogP contribution in [0.2, 0.25) is 0 Å². The van der Waals surface area contributed by atoms with Crippen molar-refractivity contribution >= 4 is 17.2 Å². The van der Waals surface area contributed by atoms with Crippen molar-refractivity contribution in [3.05, 3.63) is 51.7 Å². The number of aromatic nitrogens is 1. The summed E-state index contributed by atoms with van der Waals surface area (Å²) in [5, 5.41) is 5.91. The number of hydrogen-bond donors (Lipinski definition) is 1. The van der Waals surface area contributed by atoms with Gasteiger partial charge in [0.15, 0.2) is 0 Å². The van der Waals surface area contributed by atoms with Gasteiger partial charge in [0.1, 0.15) is 11.5 Å². The Morgan fingerprint density at radius 3 is 2.96 bits per heavy atom. The predicted octanol–water partition coefficient (Wildman–Crippen LogP) is 2.94. The first-order chi connectivity index (χ1) is 11.7. The van der Waals surface area contributed by atoms with E-state index in [9.17, 15) is 9.18 Å². The van der Waals surface area contributed by atoms with Crippen LogP contribution in [0.4, 0.5) is 4.39 Å². The van der Waals surface area contributed by atoms with Crippen LogP contribution in [0.1, 0.15) is 33.9 Å². The molecule has 1 amide bonds. The summed E-state index contributed by atoms with van der Waals surface area (Å²) in [6.07, 6.45) is 2.84. The minimum Gasteiger partial charge on any atom is -0.337 e. The molecule has 1 unspecified atom stereocenters. The molecule has 1 aromatic carbocycles. The first-order valence-corrected chi connectivity index (χ1v) is 9.16. The molecule has 0 spiro atoms. The maximum Gasteiger partial charge on any atom is 0.273 e. The monoisotopic (exact) mass is 347 g/mol. The molecular formula is C18H22FN3OS. The number of rotatable bonds is 5. The molecule has 0 aliphatic carbocycles. The van der Waals surface area contributed by atoms with E-state index in [0.29, 0.717) is 18.0 Å². The highest BCUT2D eigenvalue weighted by atomic mass is 32.1. The van der Waals surface area contributed by atoms with Gasteiger partial charge in [0.25, 0.3) is 5.91 Å². The van der Waals surface area contributed by atoms with Gasteiger partial charge in [-0.05, 0) is 50.0 Å². The minimum atomic E-state index is -0.241. The fourth-order valence-electron chi connectivity index (χ4n) is 3.13. The Labute approximate surface area is 145 Å². The minimum absolute atomic E-state index is 0.0254. The lowest BCUT2D eigenvalue weighted by Gasteiger charge is -2.32. The Bertz CT molecular complexity index is 684. The molecule has 2 aromatic rings. The molecule has 1 aliphatic heterocycles. The zero-order chi connectivity index (χ0) is 16.9. The zero-order valence-corrected chi connectivity index (χ0v) is 14.6. The topological polar surface area (TPSA) is 45.2 Å². The van der Waals surface area contributed by atoms with Crippen LogP contribution in [0.5, 0.6) is 0 Å². The third-order valence-electron chi connectivity index (χ3n) is 4.34. The highest BCUT2D eigenvalue weighted by Gasteiger charge is 2.25. The smallest absolute Gasteiger partial charge is 0.273 e. The number of amides is 1. The van der Waals surface area contributed by atoms with Gasteiger partial charge < -0.3 is 10.2 Å². The fraction of sp³-hybridized carbons (Fsp3) is 0.444. The van der Waals surface area contributed by atoms with Gasteiger partial charge in [-0.2, -0.15) is 0 Å². The number of likely N-dealkylation sites (tertiary alicyclic amines) is 1. The van der Waals surface area contributed by atoms with Crippen molar-refractivity contribution in [2.24, 2.45) is 5.92 Å². The Balaban J connectivity index is 1.64. The average Bonchev–Trinajstić information content (AvgIpc) is 3.05. The molecule has 0 bridgehead atoms. The SMILES string of the molecule is CNCC1CCCN(C(=O)c2csc(Cc3ccc(F)cc3)n2)C1. The van der Waals surface area contributed by atoms with Gasteiger partial charge in [0.05, 0.1) is 5.01 Å². The van der Waals surface area contributed by atoms with Gasteiger partial charge in [-0.15, -0.1) is 11.3 Å². The van der Waals surface area contributed by atoms with Crippen LogP contribution in [-0.2, 0) is 6.42 Å².